The number of aliphatic hydroxyl groups is 1. The summed E-state index contributed by atoms with van der Waals surface area (Å²) in [6, 6.07) is 11.4. The van der Waals surface area contributed by atoms with Gasteiger partial charge in [-0.3, -0.25) is 14.6 Å². The maximum absolute atomic E-state index is 14.7. The van der Waals surface area contributed by atoms with E-state index in [1.165, 1.54) is 50.6 Å². The van der Waals surface area contributed by atoms with E-state index < -0.39 is 47.1 Å². The van der Waals surface area contributed by atoms with Gasteiger partial charge in [0.1, 0.15) is 46.6 Å². The lowest BCUT2D eigenvalue weighted by Crippen LogP contribution is -2.51. The lowest BCUT2D eigenvalue weighted by atomic mass is 9.81. The van der Waals surface area contributed by atoms with Gasteiger partial charge in [0.2, 0.25) is 11.5 Å². The van der Waals surface area contributed by atoms with E-state index in [1.807, 2.05) is 6.07 Å². The molecule has 10 nitrogen and oxygen atoms in total. The van der Waals surface area contributed by atoms with Crippen LogP contribution in [0.25, 0.3) is 22.2 Å². The molecule has 5 rings (SSSR count). The van der Waals surface area contributed by atoms with Crippen molar-refractivity contribution < 1.29 is 41.7 Å². The summed E-state index contributed by atoms with van der Waals surface area (Å²) in [6.45, 7) is -0.340. The number of aromatic nitrogens is 2. The Morgan fingerprint density at radius 1 is 1.20 bits per heavy atom. The van der Waals surface area contributed by atoms with Crippen LogP contribution in [0.4, 0.5) is 17.6 Å². The number of nitrogens with one attached hydrogen (secondary N) is 1. The van der Waals surface area contributed by atoms with E-state index in [-0.39, 0.29) is 46.1 Å². The summed E-state index contributed by atoms with van der Waals surface area (Å²) >= 11 is 0. The molecule has 0 spiro atoms. The zero-order valence-electron chi connectivity index (χ0n) is 23.1. The van der Waals surface area contributed by atoms with Gasteiger partial charge in [0.25, 0.3) is 5.91 Å². The molecule has 2 atom stereocenters. The summed E-state index contributed by atoms with van der Waals surface area (Å²) in [6.07, 6.45) is -4.09. The number of hydrogen-bond acceptors (Lipinski definition) is 8. The molecule has 0 aliphatic carbocycles. The Hall–Kier alpha value is -5.29. The van der Waals surface area contributed by atoms with Crippen molar-refractivity contribution in [1.29, 1.82) is 5.26 Å². The standard InChI is InChI=1S/C30H23F4N5O5/c1-28(27(36)41)14-44-25-20(28)10-22(39-24(25)16-3-5-19(31)6-4-16)29(42,30(32,33)34)13-38-26(40)18-8-17-7-15(11-35)12-37-23(17)21(9-18)43-2/h3-10,12,42H,13-14H2,1-2H3,(H2,36,41)(H,38,40)/t28-,29-/m0/s1. The molecular weight excluding hydrogens is 586 g/mol. The number of primary amides is 1. The van der Waals surface area contributed by atoms with Crippen LogP contribution in [0.5, 0.6) is 11.5 Å². The molecule has 0 saturated carbocycles. The van der Waals surface area contributed by atoms with Gasteiger partial charge in [0, 0.05) is 28.3 Å². The monoisotopic (exact) mass is 609 g/mol. The van der Waals surface area contributed by atoms with Crippen LogP contribution in [0, 0.1) is 17.1 Å². The van der Waals surface area contributed by atoms with E-state index in [9.17, 15) is 37.5 Å². The predicted octanol–water partition coefficient (Wildman–Crippen LogP) is 3.63. The first-order chi connectivity index (χ1) is 20.7. The van der Waals surface area contributed by atoms with E-state index >= 15 is 0 Å². The summed E-state index contributed by atoms with van der Waals surface area (Å²) < 4.78 is 68.6. The maximum Gasteiger partial charge on any atom is 0.424 e. The van der Waals surface area contributed by atoms with E-state index in [2.05, 4.69) is 15.3 Å². The Bertz CT molecular complexity index is 1860. The molecule has 226 valence electrons. The van der Waals surface area contributed by atoms with E-state index in [0.717, 1.165) is 18.2 Å². The highest BCUT2D eigenvalue weighted by Gasteiger charge is 2.57. The third-order valence-electron chi connectivity index (χ3n) is 7.49. The number of rotatable bonds is 7. The van der Waals surface area contributed by atoms with Gasteiger partial charge in [-0.15, -0.1) is 0 Å². The van der Waals surface area contributed by atoms with Gasteiger partial charge in [0.05, 0.1) is 24.9 Å². The first kappa shape index (κ1) is 30.2. The number of carbonyl (C=O) groups is 2. The van der Waals surface area contributed by atoms with Crippen LogP contribution in [0.2, 0.25) is 0 Å². The Kier molecular flexibility index (Phi) is 7.38. The van der Waals surface area contributed by atoms with Crippen LogP contribution in [0.15, 0.2) is 54.7 Å². The lowest BCUT2D eigenvalue weighted by Gasteiger charge is -2.31. The molecule has 0 bridgehead atoms. The molecule has 4 aromatic rings. The molecule has 4 N–H and O–H groups in total. The Labute approximate surface area is 247 Å². The molecule has 2 aromatic heterocycles. The number of nitriles is 1. The zero-order valence-corrected chi connectivity index (χ0v) is 23.1. The maximum atomic E-state index is 14.7. The highest BCUT2D eigenvalue weighted by molar-refractivity contribution is 6.00. The number of pyridine rings is 2. The number of hydrogen-bond donors (Lipinski definition) is 3. The summed E-state index contributed by atoms with van der Waals surface area (Å²) in [5.74, 6) is -2.46. The largest absolute Gasteiger partial charge is 0.494 e. The minimum atomic E-state index is -5.39. The fourth-order valence-corrected chi connectivity index (χ4v) is 4.81. The number of alkyl halides is 3. The number of nitrogens with two attached hydrogens (primary N) is 1. The second-order valence-corrected chi connectivity index (χ2v) is 10.4. The Morgan fingerprint density at radius 3 is 2.52 bits per heavy atom. The van der Waals surface area contributed by atoms with Crippen molar-refractivity contribution in [3.05, 3.63) is 82.9 Å². The van der Waals surface area contributed by atoms with Gasteiger partial charge in [-0.05, 0) is 55.5 Å². The summed E-state index contributed by atoms with van der Waals surface area (Å²) in [7, 11) is 1.31. The SMILES string of the molecule is COc1cc(C(=O)NC[C@](O)(c2cc3c(c(-c4ccc(F)cc4)n2)OC[C@]3(C)C(N)=O)C(F)(F)F)cc2cc(C#N)cnc12. The number of methoxy groups -OCH3 is 1. The van der Waals surface area contributed by atoms with E-state index in [4.69, 9.17) is 15.2 Å². The van der Waals surface area contributed by atoms with Crippen LogP contribution < -0.4 is 20.5 Å². The van der Waals surface area contributed by atoms with Crippen LogP contribution in [-0.4, -0.2) is 53.3 Å². The van der Waals surface area contributed by atoms with Crippen molar-refractivity contribution in [2.75, 3.05) is 20.3 Å². The van der Waals surface area contributed by atoms with Crippen molar-refractivity contribution in [2.24, 2.45) is 5.73 Å². The van der Waals surface area contributed by atoms with Gasteiger partial charge < -0.3 is 25.6 Å². The van der Waals surface area contributed by atoms with Crippen molar-refractivity contribution in [3.63, 3.8) is 0 Å². The minimum Gasteiger partial charge on any atom is -0.494 e. The molecule has 1 aliphatic rings. The van der Waals surface area contributed by atoms with Gasteiger partial charge in [-0.25, -0.2) is 9.37 Å². The summed E-state index contributed by atoms with van der Waals surface area (Å²) in [5, 5.41) is 22.8. The second-order valence-electron chi connectivity index (χ2n) is 10.4. The first-order valence-electron chi connectivity index (χ1n) is 12.9. The third-order valence-corrected chi connectivity index (χ3v) is 7.49. The van der Waals surface area contributed by atoms with Gasteiger partial charge >= 0.3 is 6.18 Å². The van der Waals surface area contributed by atoms with Crippen molar-refractivity contribution >= 4 is 22.7 Å². The normalized spacial score (nSPS) is 17.2. The molecule has 14 heteroatoms. The van der Waals surface area contributed by atoms with Gasteiger partial charge in [0.15, 0.2) is 0 Å². The molecule has 0 unspecified atom stereocenters. The van der Waals surface area contributed by atoms with Gasteiger partial charge in [-0.2, -0.15) is 18.4 Å². The predicted molar refractivity (Wildman–Crippen MR) is 147 cm³/mol. The number of ether oxygens (including phenoxy) is 2. The fourth-order valence-electron chi connectivity index (χ4n) is 4.81. The number of amides is 2. The third kappa shape index (κ3) is 5.01. The number of halogens is 4. The highest BCUT2D eigenvalue weighted by atomic mass is 19.4. The first-order valence-corrected chi connectivity index (χ1v) is 12.9. The minimum absolute atomic E-state index is 0.0520. The van der Waals surface area contributed by atoms with Crippen LogP contribution in [0.3, 0.4) is 0 Å². The Balaban J connectivity index is 1.59. The number of benzene rings is 2. The van der Waals surface area contributed by atoms with Crippen LogP contribution in [0.1, 0.15) is 34.1 Å². The molecule has 0 radical (unpaired) electrons. The molecular formula is C30H23F4N5O5. The number of fused-ring (bicyclic) bond motifs is 2. The molecule has 1 aliphatic heterocycles. The quantitative estimate of drug-likeness (QED) is 0.268. The zero-order chi connectivity index (χ0) is 32.0. The average Bonchev–Trinajstić information content (AvgIpc) is 3.35. The van der Waals surface area contributed by atoms with Crippen LogP contribution >= 0.6 is 0 Å². The molecule has 44 heavy (non-hydrogen) atoms. The van der Waals surface area contributed by atoms with E-state index in [1.54, 1.807) is 0 Å². The van der Waals surface area contributed by atoms with Crippen LogP contribution in [-0.2, 0) is 15.8 Å². The summed E-state index contributed by atoms with van der Waals surface area (Å²) in [5.41, 5.74) is -0.516. The molecule has 0 saturated heterocycles. The molecule has 3 heterocycles. The average molecular weight is 610 g/mol. The van der Waals surface area contributed by atoms with Crippen molar-refractivity contribution in [2.45, 2.75) is 24.1 Å². The summed E-state index contributed by atoms with van der Waals surface area (Å²) in [4.78, 5) is 33.7. The smallest absolute Gasteiger partial charge is 0.424 e. The number of carbonyl (C=O) groups excluding carboxylic acids is 2. The second kappa shape index (κ2) is 10.8. The number of nitrogens with zero attached hydrogens (tertiary/aromatic N) is 3. The molecule has 0 fully saturated rings. The Morgan fingerprint density at radius 2 is 1.91 bits per heavy atom. The molecule has 2 amide bonds. The molecule has 2 aromatic carbocycles. The van der Waals surface area contributed by atoms with Crippen molar-refractivity contribution in [1.82, 2.24) is 15.3 Å². The lowest BCUT2D eigenvalue weighted by molar-refractivity contribution is -0.265. The fraction of sp³-hybridized carbons (Fsp3) is 0.233. The topological polar surface area (TPSA) is 160 Å². The van der Waals surface area contributed by atoms with Crippen molar-refractivity contribution in [3.8, 4) is 28.8 Å². The highest BCUT2D eigenvalue weighted by Crippen LogP contribution is 2.47. The van der Waals surface area contributed by atoms with Gasteiger partial charge in [-0.1, -0.05) is 0 Å². The van der Waals surface area contributed by atoms with E-state index in [0.29, 0.717) is 10.9 Å².